The Morgan fingerprint density at radius 1 is 0.778 bits per heavy atom. The molecular formula is C30H31F6N3O6. The van der Waals surface area contributed by atoms with E-state index in [4.69, 9.17) is 25.5 Å². The maximum Gasteiger partial charge on any atom is 0.490 e. The molecule has 1 amide bonds. The molecule has 1 fully saturated rings. The monoisotopic (exact) mass is 643 g/mol. The normalized spacial score (nSPS) is 14.3. The van der Waals surface area contributed by atoms with E-state index in [2.05, 4.69) is 17.1 Å². The van der Waals surface area contributed by atoms with Crippen LogP contribution in [0.15, 0.2) is 73.1 Å². The van der Waals surface area contributed by atoms with Crippen molar-refractivity contribution in [2.24, 2.45) is 5.73 Å². The van der Waals surface area contributed by atoms with E-state index in [-0.39, 0.29) is 5.91 Å². The molecule has 2 aromatic carbocycles. The van der Waals surface area contributed by atoms with E-state index in [1.54, 1.807) is 6.20 Å². The van der Waals surface area contributed by atoms with E-state index >= 15 is 0 Å². The quantitative estimate of drug-likeness (QED) is 0.282. The Morgan fingerprint density at radius 2 is 1.29 bits per heavy atom. The summed E-state index contributed by atoms with van der Waals surface area (Å²) >= 11 is 0. The Labute approximate surface area is 253 Å². The van der Waals surface area contributed by atoms with Crippen molar-refractivity contribution in [2.75, 3.05) is 13.1 Å². The van der Waals surface area contributed by atoms with Crippen molar-refractivity contribution in [2.45, 2.75) is 50.2 Å². The van der Waals surface area contributed by atoms with Crippen LogP contribution in [0.4, 0.5) is 26.3 Å². The third-order valence-corrected chi connectivity index (χ3v) is 6.65. The van der Waals surface area contributed by atoms with Gasteiger partial charge in [-0.3, -0.25) is 9.78 Å². The van der Waals surface area contributed by atoms with E-state index < -0.39 is 29.9 Å². The number of carboxylic acid groups (broad SMARTS) is 2. The lowest BCUT2D eigenvalue weighted by molar-refractivity contribution is -0.193. The number of rotatable bonds is 6. The van der Waals surface area contributed by atoms with Crippen LogP contribution in [-0.4, -0.2) is 68.5 Å². The first-order valence-corrected chi connectivity index (χ1v) is 13.4. The maximum absolute atomic E-state index is 13.1. The van der Waals surface area contributed by atoms with Crippen molar-refractivity contribution < 1.29 is 56.0 Å². The van der Waals surface area contributed by atoms with Gasteiger partial charge in [0.15, 0.2) is 0 Å². The molecule has 1 aliphatic rings. The number of aliphatic carboxylic acids is 2. The first-order valence-electron chi connectivity index (χ1n) is 13.4. The minimum Gasteiger partial charge on any atom is -0.475 e. The minimum atomic E-state index is -5.08. The number of amides is 1. The fourth-order valence-corrected chi connectivity index (χ4v) is 4.21. The van der Waals surface area contributed by atoms with Crippen LogP contribution in [0.2, 0.25) is 0 Å². The largest absolute Gasteiger partial charge is 0.490 e. The van der Waals surface area contributed by atoms with Crippen molar-refractivity contribution in [3.8, 4) is 0 Å². The zero-order chi connectivity index (χ0) is 33.8. The van der Waals surface area contributed by atoms with Crippen LogP contribution in [0.1, 0.15) is 45.5 Å². The molecule has 0 saturated carbocycles. The predicted molar refractivity (Wildman–Crippen MR) is 149 cm³/mol. The second-order valence-corrected chi connectivity index (χ2v) is 9.90. The standard InChI is InChI=1S/C26H29N3O2.2C2HF3O2/c27-17-21-7-4-8-24(16-21)26(31)11-13-29(14-12-26)25(30)23-15-22(18-28-19-23)10-9-20-5-2-1-3-6-20;2*3-2(4,5)1(6)7/h1-8,15-16,18-19,31H,9-14,17,27H2;2*(H,6,7). The zero-order valence-corrected chi connectivity index (χ0v) is 23.7. The van der Waals surface area contributed by atoms with E-state index in [9.17, 15) is 36.2 Å². The van der Waals surface area contributed by atoms with E-state index in [0.717, 1.165) is 29.5 Å². The smallest absolute Gasteiger partial charge is 0.475 e. The number of hydrogen-bond acceptors (Lipinski definition) is 6. The van der Waals surface area contributed by atoms with Crippen LogP contribution in [-0.2, 0) is 34.6 Å². The number of aromatic nitrogens is 1. The summed E-state index contributed by atoms with van der Waals surface area (Å²) in [5.41, 5.74) is 9.65. The van der Waals surface area contributed by atoms with Gasteiger partial charge >= 0.3 is 24.3 Å². The number of alkyl halides is 6. The third kappa shape index (κ3) is 11.8. The van der Waals surface area contributed by atoms with Gasteiger partial charge in [-0.1, -0.05) is 54.6 Å². The summed E-state index contributed by atoms with van der Waals surface area (Å²) in [5, 5.41) is 25.4. The Morgan fingerprint density at radius 3 is 1.80 bits per heavy atom. The molecule has 0 unspecified atom stereocenters. The topological polar surface area (TPSA) is 154 Å². The van der Waals surface area contributed by atoms with Crippen LogP contribution >= 0.6 is 0 Å². The number of piperidine rings is 1. The van der Waals surface area contributed by atoms with Crippen LogP contribution in [0, 0.1) is 0 Å². The van der Waals surface area contributed by atoms with E-state index in [1.807, 2.05) is 59.6 Å². The van der Waals surface area contributed by atoms with Gasteiger partial charge in [0, 0.05) is 32.0 Å². The summed E-state index contributed by atoms with van der Waals surface area (Å²) in [6, 6.07) is 20.1. The zero-order valence-electron chi connectivity index (χ0n) is 23.7. The molecule has 0 bridgehead atoms. The van der Waals surface area contributed by atoms with Gasteiger partial charge in [0.2, 0.25) is 0 Å². The fraction of sp³-hybridized carbons (Fsp3) is 0.333. The number of halogens is 6. The highest BCUT2D eigenvalue weighted by atomic mass is 19.4. The Hall–Kier alpha value is -4.50. The first kappa shape index (κ1) is 36.7. The van der Waals surface area contributed by atoms with Gasteiger partial charge in [0.1, 0.15) is 0 Å². The number of carboxylic acids is 2. The Bertz CT molecular complexity index is 1400. The van der Waals surface area contributed by atoms with Crippen LogP contribution < -0.4 is 5.73 Å². The lowest BCUT2D eigenvalue weighted by Gasteiger charge is -2.38. The van der Waals surface area contributed by atoms with Gasteiger partial charge in [0.05, 0.1) is 11.2 Å². The van der Waals surface area contributed by atoms with Gasteiger partial charge in [0.25, 0.3) is 5.91 Å². The molecule has 3 aromatic rings. The highest BCUT2D eigenvalue weighted by molar-refractivity contribution is 5.94. The number of aryl methyl sites for hydroxylation is 2. The van der Waals surface area contributed by atoms with Gasteiger partial charge in [-0.05, 0) is 54.0 Å². The highest BCUT2D eigenvalue weighted by Gasteiger charge is 2.39. The van der Waals surface area contributed by atoms with Crippen molar-refractivity contribution in [3.63, 3.8) is 0 Å². The number of carbonyl (C=O) groups is 3. The molecule has 15 heteroatoms. The summed E-state index contributed by atoms with van der Waals surface area (Å²) < 4.78 is 63.5. The number of carbonyl (C=O) groups excluding carboxylic acids is 1. The molecule has 244 valence electrons. The van der Waals surface area contributed by atoms with E-state index in [1.165, 1.54) is 5.56 Å². The molecule has 9 nitrogen and oxygen atoms in total. The average Bonchev–Trinajstić information content (AvgIpc) is 3.00. The molecule has 45 heavy (non-hydrogen) atoms. The van der Waals surface area contributed by atoms with Crippen molar-refractivity contribution in [1.82, 2.24) is 9.88 Å². The lowest BCUT2D eigenvalue weighted by Crippen LogP contribution is -2.45. The summed E-state index contributed by atoms with van der Waals surface area (Å²) in [6.45, 7) is 1.47. The first-order chi connectivity index (χ1) is 21.0. The van der Waals surface area contributed by atoms with Crippen molar-refractivity contribution >= 4 is 17.8 Å². The number of pyridine rings is 1. The van der Waals surface area contributed by atoms with Crippen LogP contribution in [0.25, 0.3) is 0 Å². The summed E-state index contributed by atoms with van der Waals surface area (Å²) in [4.78, 5) is 37.0. The molecule has 1 saturated heterocycles. The number of likely N-dealkylation sites (tertiary alicyclic amines) is 1. The highest BCUT2D eigenvalue weighted by Crippen LogP contribution is 2.33. The number of hydrogen-bond donors (Lipinski definition) is 4. The number of benzene rings is 2. The number of aliphatic hydroxyl groups is 1. The minimum absolute atomic E-state index is 0.0215. The number of nitrogens with two attached hydrogens (primary N) is 1. The molecule has 1 aromatic heterocycles. The van der Waals surface area contributed by atoms with Gasteiger partial charge < -0.3 is 26.0 Å². The predicted octanol–water partition coefficient (Wildman–Crippen LogP) is 4.72. The average molecular weight is 644 g/mol. The van der Waals surface area contributed by atoms with Gasteiger partial charge in [-0.25, -0.2) is 9.59 Å². The molecule has 0 aliphatic carbocycles. The second kappa shape index (κ2) is 16.0. The fourth-order valence-electron chi connectivity index (χ4n) is 4.21. The van der Waals surface area contributed by atoms with Gasteiger partial charge in [-0.15, -0.1) is 0 Å². The summed E-state index contributed by atoms with van der Waals surface area (Å²) in [5.74, 6) is -5.54. The maximum atomic E-state index is 13.1. The van der Waals surface area contributed by atoms with Crippen LogP contribution in [0.3, 0.4) is 0 Å². The summed E-state index contributed by atoms with van der Waals surface area (Å²) in [6.07, 6.45) is -3.92. The molecular weight excluding hydrogens is 612 g/mol. The molecule has 0 atom stereocenters. The Balaban J connectivity index is 0.000000421. The third-order valence-electron chi connectivity index (χ3n) is 6.65. The molecule has 1 aliphatic heterocycles. The lowest BCUT2D eigenvalue weighted by atomic mass is 9.83. The molecule has 5 N–H and O–H groups in total. The van der Waals surface area contributed by atoms with Crippen LogP contribution in [0.5, 0.6) is 0 Å². The number of nitrogens with zero attached hydrogens (tertiary/aromatic N) is 2. The summed E-state index contributed by atoms with van der Waals surface area (Å²) in [7, 11) is 0. The Kier molecular flexibility index (Phi) is 13.0. The SMILES string of the molecule is NCc1cccc(C2(O)CCN(C(=O)c3cncc(CCc4ccccc4)c3)CC2)c1.O=C(O)C(F)(F)F.O=C(O)C(F)(F)F. The molecule has 0 radical (unpaired) electrons. The van der Waals surface area contributed by atoms with E-state index in [0.29, 0.717) is 38.0 Å². The molecule has 4 rings (SSSR count). The van der Waals surface area contributed by atoms with Crippen molar-refractivity contribution in [1.29, 1.82) is 0 Å². The second-order valence-electron chi connectivity index (χ2n) is 9.90. The molecule has 0 spiro atoms. The van der Waals surface area contributed by atoms with Gasteiger partial charge in [-0.2, -0.15) is 26.3 Å². The van der Waals surface area contributed by atoms with Crippen molar-refractivity contribution in [3.05, 3.63) is 101 Å². The molecule has 2 heterocycles.